The van der Waals surface area contributed by atoms with Gasteiger partial charge in [-0.25, -0.2) is 37.9 Å². The van der Waals surface area contributed by atoms with E-state index in [0.717, 1.165) is 195 Å². The summed E-state index contributed by atoms with van der Waals surface area (Å²) >= 11 is 0. The van der Waals surface area contributed by atoms with Crippen LogP contribution in [-0.2, 0) is 19.6 Å². The van der Waals surface area contributed by atoms with Gasteiger partial charge in [0.05, 0.1) is 113 Å². The topological polar surface area (TPSA) is 518 Å². The van der Waals surface area contributed by atoms with Crippen molar-refractivity contribution in [2.75, 3.05) is 163 Å². The van der Waals surface area contributed by atoms with Gasteiger partial charge in [-0.2, -0.15) is 20.4 Å². The first-order valence-corrected chi connectivity index (χ1v) is 50.2. The van der Waals surface area contributed by atoms with Crippen molar-refractivity contribution < 1.29 is 46.7 Å². The predicted octanol–water partition coefficient (Wildman–Crippen LogP) is 14.8. The Morgan fingerprint density at radius 1 is 0.333 bits per heavy atom. The van der Waals surface area contributed by atoms with Crippen LogP contribution in [0.4, 0.5) is 32.3 Å². The molecule has 12 N–H and O–H groups in total. The van der Waals surface area contributed by atoms with Crippen LogP contribution in [0.15, 0.2) is 220 Å². The van der Waals surface area contributed by atoms with Crippen molar-refractivity contribution in [1.29, 1.82) is 0 Å². The number of amides is 9. The summed E-state index contributed by atoms with van der Waals surface area (Å²) in [4.78, 5) is 152. The molecule has 4 aromatic carbocycles. The first-order valence-electron chi connectivity index (χ1n) is 48.3. The van der Waals surface area contributed by atoms with Crippen LogP contribution in [0.3, 0.4) is 0 Å². The first kappa shape index (κ1) is 99.0. The number of urea groups is 2. The molecule has 20 aromatic rings. The van der Waals surface area contributed by atoms with E-state index in [2.05, 4.69) is 145 Å². The number of sulfonamides is 1. The van der Waals surface area contributed by atoms with Crippen molar-refractivity contribution >= 4 is 162 Å². The second-order valence-electron chi connectivity index (χ2n) is 37.9. The van der Waals surface area contributed by atoms with Crippen molar-refractivity contribution in [2.24, 2.45) is 5.92 Å². The first-order chi connectivity index (χ1) is 72.4. The van der Waals surface area contributed by atoms with E-state index in [-0.39, 0.29) is 47.5 Å². The minimum Gasteiger partial charge on any atom is -0.378 e. The van der Waals surface area contributed by atoms with Gasteiger partial charge in [0.1, 0.15) is 0 Å². The maximum Gasteiger partial charge on any atom is 0.322 e. The van der Waals surface area contributed by atoms with Crippen molar-refractivity contribution in [3.63, 3.8) is 0 Å². The number of aromatic amines is 8. The lowest BCUT2D eigenvalue weighted by atomic mass is 9.96. The van der Waals surface area contributed by atoms with Gasteiger partial charge in [-0.15, -0.1) is 0 Å². The number of aromatic nitrogens is 20. The van der Waals surface area contributed by atoms with E-state index in [1.54, 1.807) is 161 Å². The van der Waals surface area contributed by atoms with Gasteiger partial charge >= 0.3 is 12.1 Å². The molecule has 9 amide bonds. The monoisotopic (exact) mass is 2030 g/mol. The van der Waals surface area contributed by atoms with Gasteiger partial charge in [-0.05, 0) is 161 Å². The summed E-state index contributed by atoms with van der Waals surface area (Å²) in [6.45, 7) is 7.14. The molecule has 3 fully saturated rings. The molecule has 0 bridgehead atoms. The van der Waals surface area contributed by atoms with Gasteiger partial charge in [0.15, 0.2) is 22.6 Å². The molecule has 0 unspecified atom stereocenters. The van der Waals surface area contributed by atoms with Crippen LogP contribution in [0.1, 0.15) is 54.3 Å². The summed E-state index contributed by atoms with van der Waals surface area (Å²) in [5, 5.41) is 45.3. The van der Waals surface area contributed by atoms with Crippen molar-refractivity contribution in [1.82, 2.24) is 140 Å². The number of pyridine rings is 8. The maximum absolute atomic E-state index is 12.8. The number of fused-ring (bicyclic) bond motifs is 8. The molecular weight excluding hydrogens is 1930 g/mol. The van der Waals surface area contributed by atoms with Crippen LogP contribution in [0.2, 0.25) is 0 Å². The molecule has 0 saturated carbocycles. The lowest BCUT2D eigenvalue weighted by Crippen LogP contribution is -2.48. The summed E-state index contributed by atoms with van der Waals surface area (Å²) in [7, 11) is 14.6. The number of piperidine rings is 1. The highest BCUT2D eigenvalue weighted by Crippen LogP contribution is 2.40. The molecule has 3 saturated heterocycles. The number of H-pyrrole nitrogens is 8. The van der Waals surface area contributed by atoms with Crippen LogP contribution in [0.25, 0.3) is 178 Å². The third-order valence-electron chi connectivity index (χ3n) is 26.5. The quantitative estimate of drug-likeness (QED) is 0.0379. The van der Waals surface area contributed by atoms with E-state index in [4.69, 9.17) is 4.74 Å². The molecule has 0 radical (unpaired) electrons. The highest BCUT2D eigenvalue weighted by molar-refractivity contribution is 7.92. The maximum atomic E-state index is 12.8. The van der Waals surface area contributed by atoms with Gasteiger partial charge in [0.2, 0.25) is 15.9 Å². The average Bonchev–Trinajstić information content (AvgIpc) is 1.63. The van der Waals surface area contributed by atoms with Crippen LogP contribution >= 0.6 is 0 Å². The Bertz CT molecular complexity index is 8480. The number of rotatable bonds is 18. The van der Waals surface area contributed by atoms with Crippen LogP contribution in [0, 0.1) is 5.92 Å². The Morgan fingerprint density at radius 2 is 0.613 bits per heavy atom. The van der Waals surface area contributed by atoms with E-state index < -0.39 is 10.0 Å². The number of piperazine rings is 1. The van der Waals surface area contributed by atoms with Crippen LogP contribution in [-0.4, -0.2) is 332 Å². The Balaban J connectivity index is 0.000000121. The molecule has 3 aliphatic rings. The number of hydrogen-bond donors (Lipinski definition) is 12. The summed E-state index contributed by atoms with van der Waals surface area (Å²) in [5.41, 5.74) is 23.0. The van der Waals surface area contributed by atoms with Crippen LogP contribution in [0.5, 0.6) is 0 Å². The molecule has 19 heterocycles. The normalized spacial score (nSPS) is 13.6. The van der Waals surface area contributed by atoms with Gasteiger partial charge in [0.25, 0.3) is 23.6 Å². The van der Waals surface area contributed by atoms with E-state index in [0.29, 0.717) is 113 Å². The smallest absolute Gasteiger partial charge is 0.322 e. The van der Waals surface area contributed by atoms with E-state index in [1.165, 1.54) is 6.20 Å². The third kappa shape index (κ3) is 21.1. The van der Waals surface area contributed by atoms with Crippen LogP contribution < -0.4 is 20.7 Å². The zero-order valence-electron chi connectivity index (χ0n) is 83.8. The van der Waals surface area contributed by atoms with Crippen molar-refractivity contribution in [3.8, 4) is 90.1 Å². The number of anilines is 4. The highest BCUT2D eigenvalue weighted by Gasteiger charge is 2.29. The predicted molar refractivity (Wildman–Crippen MR) is 577 cm³/mol. The number of nitrogens with one attached hydrogen (secondary N) is 12. The molecule has 43 heteroatoms. The second-order valence-corrected chi connectivity index (χ2v) is 39.7. The van der Waals surface area contributed by atoms with Crippen molar-refractivity contribution in [2.45, 2.75) is 12.8 Å². The summed E-state index contributed by atoms with van der Waals surface area (Å²) in [6.07, 6.45) is 22.9. The number of likely N-dealkylation sites (tertiary alicyclic amines) is 1. The molecule has 0 spiro atoms. The lowest BCUT2D eigenvalue weighted by Gasteiger charge is -2.32. The molecular formula is C107H106N32O10S. The van der Waals surface area contributed by atoms with Crippen molar-refractivity contribution in [3.05, 3.63) is 242 Å². The second kappa shape index (κ2) is 42.0. The fourth-order valence-corrected chi connectivity index (χ4v) is 19.0. The lowest BCUT2D eigenvalue weighted by molar-refractivity contribution is -0.121. The number of morpholine rings is 1. The number of benzene rings is 4. The Labute approximate surface area is 857 Å². The minimum absolute atomic E-state index is 0.0150. The van der Waals surface area contributed by atoms with Gasteiger partial charge in [-0.3, -0.25) is 69.0 Å². The fourth-order valence-electron chi connectivity index (χ4n) is 18.5. The van der Waals surface area contributed by atoms with Gasteiger partial charge in [-0.1, -0.05) is 24.3 Å². The largest absolute Gasteiger partial charge is 0.378 e. The number of carbonyl (C=O) groups is 7. The molecule has 0 aliphatic carbocycles. The fraction of sp³-hybridized carbons (Fsp3) is 0.224. The van der Waals surface area contributed by atoms with E-state index >= 15 is 0 Å². The zero-order chi connectivity index (χ0) is 104. The Morgan fingerprint density at radius 3 is 0.920 bits per heavy atom. The third-order valence-corrected chi connectivity index (χ3v) is 27.1. The highest BCUT2D eigenvalue weighted by atomic mass is 32.2. The summed E-state index contributed by atoms with van der Waals surface area (Å²) in [5.74, 6) is -0.200. The summed E-state index contributed by atoms with van der Waals surface area (Å²) in [6, 6.07) is 45.3. The number of carbonyl (C=O) groups excluding carboxylic acids is 7. The number of hydrogen-bond acceptors (Lipinski definition) is 24. The SMILES string of the molecule is CN(C)C(=O)c1cccc2[nH]c(-c3[nH]nc4ncc(-c5cncc(NC(=O)N6CCOCC6)c5)cc34)cc12.CN(C)C(=O)c1cccc2[nH]c(-c3[nH]nc4ncc(-c5cncc(NS(C)(=O)=O)c5)cc34)cc12.CN1CCC(C(=O)Nc2cncc(-c3cnc4n[nH]c(-c5cc6c(C(=O)N(C)C)cccc6[nH]5)c4c3)c2)CC1.CN1CCN(C(=O)Nc2cncc(-c3cnc4n[nH]c(-c5cc6c(C(=O)N(C)C)cccc6[nH]5)c4c3)c2)CC1. The molecule has 23 rings (SSSR count). The number of likely N-dealkylation sites (N-methyl/N-ethyl adjacent to an activating group) is 1. The molecule has 3 aliphatic heterocycles. The van der Waals surface area contributed by atoms with Gasteiger partial charge in [0, 0.05) is 283 Å². The number of nitrogens with zero attached hydrogens (tertiary/aromatic N) is 20. The minimum atomic E-state index is -3.42. The summed E-state index contributed by atoms with van der Waals surface area (Å²) < 4.78 is 30.9. The molecule has 150 heavy (non-hydrogen) atoms. The Kier molecular flexibility index (Phi) is 27.7. The van der Waals surface area contributed by atoms with E-state index in [1.807, 2.05) is 138 Å². The Hall–Kier alpha value is -18.4. The molecule has 760 valence electrons. The molecule has 16 aromatic heterocycles. The van der Waals surface area contributed by atoms with E-state index in [9.17, 15) is 42.0 Å². The zero-order valence-corrected chi connectivity index (χ0v) is 84.6. The molecule has 0 atom stereocenters. The molecule has 42 nitrogen and oxygen atoms in total. The average molecular weight is 2030 g/mol. The standard InChI is InChI=1S/C29H30N8O2.C28H29N9O2.C27H26N8O3.C23H21N7O3S/c1-36(2)29(39)21-5-4-6-24-22(21)13-25(33-24)26-23-12-19(15-31-27(23)35-34-26)18-11-20(16-30-14-18)32-28(38)17-7-9-37(3)10-8-17;1-35(2)27(38)20-5-4-6-23-21(20)13-24(32-23)25-22-12-18(15-30-26(22)34-33-25)17-11-19(16-29-14-17)31-28(39)37-9-7-36(3)8-10-37;1-34(2)26(36)19-4-3-5-22-20(19)12-23(31-22)24-21-11-17(14-29-25(21)33-32-24)16-10-18(15-28-13-16)30-27(37)35-6-8-38-9-7-35;1-30(2)23(31)16-5-4-6-19-17(16)9-20(26-19)21-18-8-14(11-25-22(18)28-27-21)13-7-15(12-24-10-13)29-34(3,32)33/h4-6,11-17,33H,7-10H2,1-3H3,(H,32,38)(H,31,34,35);4-6,11-16,32H,7-10H2,1-3H3,(H,31,39)(H,30,33,34);3-5,10-15,31H,6-9H2,1-2H3,(H,30,37)(H,29,32,33);4-12,26,29H,1-3H3,(H,25,27,28). The van der Waals surface area contributed by atoms with Gasteiger partial charge < -0.3 is 79.8 Å². The number of ether oxygens (including phenoxy) is 1.